The molecule has 14 heavy (non-hydrogen) atoms. The van der Waals surface area contributed by atoms with Crippen LogP contribution < -0.4 is 11.1 Å². The lowest BCUT2D eigenvalue weighted by Gasteiger charge is -2.51. The molecule has 1 aliphatic carbocycles. The Bertz CT molecular complexity index is 267. The maximum absolute atomic E-state index is 6.19. The molecule has 0 aromatic rings. The average Bonchev–Trinajstić information content (AvgIpc) is 2.08. The fraction of sp³-hybridized carbons (Fsp3) is 0.833. The Hall–Kier alpha value is -0.340. The zero-order valence-electron chi connectivity index (χ0n) is 9.56. The average molecular weight is 194 g/mol. The van der Waals surface area contributed by atoms with Gasteiger partial charge in [0.15, 0.2) is 0 Å². The molecule has 1 fully saturated rings. The van der Waals surface area contributed by atoms with Gasteiger partial charge in [-0.25, -0.2) is 0 Å². The van der Waals surface area contributed by atoms with Crippen molar-refractivity contribution in [3.8, 4) is 0 Å². The molecule has 1 heterocycles. The van der Waals surface area contributed by atoms with Crippen molar-refractivity contribution >= 4 is 0 Å². The lowest BCUT2D eigenvalue weighted by Crippen LogP contribution is -2.57. The number of nitrogens with two attached hydrogens (primary N) is 1. The summed E-state index contributed by atoms with van der Waals surface area (Å²) < 4.78 is 0. The van der Waals surface area contributed by atoms with Gasteiger partial charge in [0.1, 0.15) is 0 Å². The Morgan fingerprint density at radius 2 is 2.07 bits per heavy atom. The molecule has 2 aliphatic rings. The van der Waals surface area contributed by atoms with Crippen molar-refractivity contribution in [2.24, 2.45) is 16.6 Å². The van der Waals surface area contributed by atoms with Crippen molar-refractivity contribution in [3.05, 3.63) is 11.6 Å². The molecule has 0 amide bonds. The van der Waals surface area contributed by atoms with Gasteiger partial charge in [-0.1, -0.05) is 38.8 Å². The summed E-state index contributed by atoms with van der Waals surface area (Å²) in [6.45, 7) is 7.97. The molecule has 0 aromatic carbocycles. The zero-order valence-corrected chi connectivity index (χ0v) is 9.56. The number of rotatable bonds is 0. The van der Waals surface area contributed by atoms with E-state index < -0.39 is 0 Å². The third kappa shape index (κ3) is 1.32. The number of hydrogen-bond donors (Lipinski definition) is 2. The summed E-state index contributed by atoms with van der Waals surface area (Å²) in [6.07, 6.45) is 6.35. The highest BCUT2D eigenvalue weighted by atomic mass is 15.1. The van der Waals surface area contributed by atoms with Gasteiger partial charge in [0.2, 0.25) is 0 Å². The van der Waals surface area contributed by atoms with Crippen LogP contribution in [-0.2, 0) is 0 Å². The van der Waals surface area contributed by atoms with Crippen LogP contribution >= 0.6 is 0 Å². The molecule has 0 saturated heterocycles. The van der Waals surface area contributed by atoms with E-state index in [-0.39, 0.29) is 11.6 Å². The lowest BCUT2D eigenvalue weighted by atomic mass is 9.58. The molecule has 0 spiro atoms. The van der Waals surface area contributed by atoms with Crippen LogP contribution in [0.5, 0.6) is 0 Å². The lowest BCUT2D eigenvalue weighted by molar-refractivity contribution is 0.140. The molecule has 1 unspecified atom stereocenters. The monoisotopic (exact) mass is 194 g/mol. The summed E-state index contributed by atoms with van der Waals surface area (Å²) in [7, 11) is 0. The van der Waals surface area contributed by atoms with Crippen molar-refractivity contribution < 1.29 is 0 Å². The van der Waals surface area contributed by atoms with Crippen molar-refractivity contribution in [1.29, 1.82) is 0 Å². The van der Waals surface area contributed by atoms with Crippen LogP contribution in [0.25, 0.3) is 0 Å². The van der Waals surface area contributed by atoms with Gasteiger partial charge in [0.05, 0.1) is 6.17 Å². The molecular weight excluding hydrogens is 172 g/mol. The van der Waals surface area contributed by atoms with Gasteiger partial charge >= 0.3 is 0 Å². The Morgan fingerprint density at radius 1 is 1.36 bits per heavy atom. The molecule has 2 rings (SSSR count). The Morgan fingerprint density at radius 3 is 2.71 bits per heavy atom. The predicted octanol–water partition coefficient (Wildman–Crippen LogP) is 2.02. The molecule has 1 aliphatic heterocycles. The van der Waals surface area contributed by atoms with Gasteiger partial charge in [-0.2, -0.15) is 0 Å². The van der Waals surface area contributed by atoms with E-state index in [0.29, 0.717) is 5.41 Å². The second kappa shape index (κ2) is 3.07. The van der Waals surface area contributed by atoms with Crippen molar-refractivity contribution in [3.63, 3.8) is 0 Å². The highest BCUT2D eigenvalue weighted by Crippen LogP contribution is 2.52. The summed E-state index contributed by atoms with van der Waals surface area (Å²) >= 11 is 0. The fourth-order valence-corrected chi connectivity index (χ4v) is 3.29. The van der Waals surface area contributed by atoms with Gasteiger partial charge in [-0.3, -0.25) is 5.32 Å². The molecule has 0 bridgehead atoms. The molecule has 2 nitrogen and oxygen atoms in total. The topological polar surface area (TPSA) is 38.0 Å². The van der Waals surface area contributed by atoms with E-state index in [0.717, 1.165) is 6.54 Å². The van der Waals surface area contributed by atoms with E-state index in [1.165, 1.54) is 19.3 Å². The molecule has 2 atom stereocenters. The first kappa shape index (κ1) is 10.2. The second-order valence-electron chi connectivity index (χ2n) is 5.66. The highest BCUT2D eigenvalue weighted by Gasteiger charge is 2.46. The van der Waals surface area contributed by atoms with Crippen LogP contribution in [-0.4, -0.2) is 12.7 Å². The summed E-state index contributed by atoms with van der Waals surface area (Å²) in [4.78, 5) is 0. The maximum Gasteiger partial charge on any atom is 0.0642 e. The van der Waals surface area contributed by atoms with Crippen LogP contribution in [0.2, 0.25) is 0 Å². The van der Waals surface area contributed by atoms with Gasteiger partial charge in [-0.15, -0.1) is 0 Å². The quantitative estimate of drug-likeness (QED) is 0.579. The fourth-order valence-electron chi connectivity index (χ4n) is 3.29. The van der Waals surface area contributed by atoms with E-state index >= 15 is 0 Å². The third-order valence-electron chi connectivity index (χ3n) is 4.17. The largest absolute Gasteiger partial charge is 0.315 e. The third-order valence-corrected chi connectivity index (χ3v) is 4.17. The minimum atomic E-state index is 0.141. The van der Waals surface area contributed by atoms with Gasteiger partial charge in [0, 0.05) is 12.0 Å². The first-order valence-corrected chi connectivity index (χ1v) is 5.67. The Kier molecular flexibility index (Phi) is 2.24. The van der Waals surface area contributed by atoms with Crippen molar-refractivity contribution in [2.45, 2.75) is 46.2 Å². The van der Waals surface area contributed by atoms with E-state index in [2.05, 4.69) is 32.2 Å². The van der Waals surface area contributed by atoms with Gasteiger partial charge in [-0.05, 0) is 18.3 Å². The van der Waals surface area contributed by atoms with E-state index in [4.69, 9.17) is 5.73 Å². The van der Waals surface area contributed by atoms with Crippen LogP contribution in [0.15, 0.2) is 11.6 Å². The SMILES string of the molecule is CC1(C)CCC[C@@]2(C)C1=CCNC2N. The zero-order chi connectivity index (χ0) is 10.4. The van der Waals surface area contributed by atoms with Gasteiger partial charge < -0.3 is 5.73 Å². The first-order chi connectivity index (χ1) is 6.47. The van der Waals surface area contributed by atoms with Crippen LogP contribution in [0.3, 0.4) is 0 Å². The smallest absolute Gasteiger partial charge is 0.0642 e. The molecule has 1 saturated carbocycles. The van der Waals surface area contributed by atoms with Gasteiger partial charge in [0.25, 0.3) is 0 Å². The Balaban J connectivity index is 2.40. The number of nitrogens with one attached hydrogen (secondary N) is 1. The van der Waals surface area contributed by atoms with Crippen LogP contribution in [0.4, 0.5) is 0 Å². The number of hydrogen-bond acceptors (Lipinski definition) is 2. The molecule has 0 radical (unpaired) electrons. The van der Waals surface area contributed by atoms with Crippen LogP contribution in [0.1, 0.15) is 40.0 Å². The molecule has 80 valence electrons. The first-order valence-electron chi connectivity index (χ1n) is 5.67. The molecule has 0 aromatic heterocycles. The number of fused-ring (bicyclic) bond motifs is 1. The Labute approximate surface area is 86.9 Å². The van der Waals surface area contributed by atoms with Crippen molar-refractivity contribution in [2.75, 3.05) is 6.54 Å². The molecular formula is C12H22N2. The minimum absolute atomic E-state index is 0.141. The molecule has 2 heteroatoms. The van der Waals surface area contributed by atoms with Crippen LogP contribution in [0, 0.1) is 10.8 Å². The summed E-state index contributed by atoms with van der Waals surface area (Å²) in [6, 6.07) is 0. The normalized spacial score (nSPS) is 41.4. The minimum Gasteiger partial charge on any atom is -0.315 e. The predicted molar refractivity (Wildman–Crippen MR) is 59.8 cm³/mol. The van der Waals surface area contributed by atoms with E-state index in [1.54, 1.807) is 5.57 Å². The summed E-state index contributed by atoms with van der Waals surface area (Å²) in [5.41, 5.74) is 8.33. The standard InChI is InChI=1S/C12H22N2/c1-11(2)6-4-7-12(3)9(11)5-8-14-10(12)13/h5,10,14H,4,6-8,13H2,1-3H3/t10?,12-/m0/s1. The van der Waals surface area contributed by atoms with E-state index in [1.807, 2.05) is 0 Å². The highest BCUT2D eigenvalue weighted by molar-refractivity contribution is 5.28. The molecule has 3 N–H and O–H groups in total. The van der Waals surface area contributed by atoms with Crippen molar-refractivity contribution in [1.82, 2.24) is 5.32 Å². The second-order valence-corrected chi connectivity index (χ2v) is 5.66. The maximum atomic E-state index is 6.19. The summed E-state index contributed by atoms with van der Waals surface area (Å²) in [5.74, 6) is 0. The van der Waals surface area contributed by atoms with E-state index in [9.17, 15) is 0 Å². The summed E-state index contributed by atoms with van der Waals surface area (Å²) in [5, 5.41) is 3.36.